The molecule has 0 aliphatic heterocycles. The van der Waals surface area contributed by atoms with Crippen LogP contribution in [0.2, 0.25) is 0 Å². The molecule has 6 heteroatoms. The zero-order valence-corrected chi connectivity index (χ0v) is 13.5. The van der Waals surface area contributed by atoms with E-state index in [1.807, 2.05) is 31.2 Å². The van der Waals surface area contributed by atoms with Crippen LogP contribution in [0, 0.1) is 6.92 Å². The molecule has 2 aromatic rings. The fourth-order valence-corrected chi connectivity index (χ4v) is 2.03. The zero-order chi connectivity index (χ0) is 17.0. The van der Waals surface area contributed by atoms with Crippen LogP contribution in [0.3, 0.4) is 0 Å². The summed E-state index contributed by atoms with van der Waals surface area (Å²) in [5.74, 6) is -1.11. The van der Waals surface area contributed by atoms with E-state index in [0.29, 0.717) is 18.5 Å². The van der Waals surface area contributed by atoms with Gasteiger partial charge in [0.25, 0.3) is 0 Å². The Bertz CT molecular complexity index is 702. The highest BCUT2D eigenvalue weighted by Gasteiger charge is 2.30. The highest BCUT2D eigenvalue weighted by atomic mass is 16.4. The van der Waals surface area contributed by atoms with Gasteiger partial charge in [-0.25, -0.2) is 4.79 Å². The number of hydrogen-bond acceptors (Lipinski definition) is 3. The molecular weight excluding hydrogens is 294 g/mol. The van der Waals surface area contributed by atoms with Crippen molar-refractivity contribution in [2.24, 2.45) is 0 Å². The van der Waals surface area contributed by atoms with Gasteiger partial charge in [0.15, 0.2) is 5.54 Å². The first kappa shape index (κ1) is 16.7. The molecule has 2 rings (SSSR count). The monoisotopic (exact) mass is 315 g/mol. The Kier molecular flexibility index (Phi) is 4.83. The van der Waals surface area contributed by atoms with Crippen LogP contribution in [0.15, 0.2) is 36.7 Å². The second-order valence-electron chi connectivity index (χ2n) is 6.07. The Labute approximate surface area is 135 Å². The Balaban J connectivity index is 1.92. The number of aryl methyl sites for hydroxylation is 2. The van der Waals surface area contributed by atoms with Crippen LogP contribution >= 0.6 is 0 Å². The minimum absolute atomic E-state index is 0.127. The average molecular weight is 315 g/mol. The second kappa shape index (κ2) is 6.64. The molecule has 1 aromatic carbocycles. The molecule has 1 heterocycles. The smallest absolute Gasteiger partial charge is 0.331 e. The summed E-state index contributed by atoms with van der Waals surface area (Å²) in [4.78, 5) is 23.2. The van der Waals surface area contributed by atoms with Crippen LogP contribution in [0.25, 0.3) is 0 Å². The van der Waals surface area contributed by atoms with Crippen molar-refractivity contribution >= 4 is 17.6 Å². The Hall–Kier alpha value is -2.63. The summed E-state index contributed by atoms with van der Waals surface area (Å²) in [6, 6.07) is 8.06. The van der Waals surface area contributed by atoms with Gasteiger partial charge in [0, 0.05) is 12.6 Å². The van der Waals surface area contributed by atoms with Gasteiger partial charge in [-0.2, -0.15) is 5.10 Å². The van der Waals surface area contributed by atoms with Gasteiger partial charge < -0.3 is 10.4 Å². The number of benzene rings is 1. The van der Waals surface area contributed by atoms with E-state index in [0.717, 1.165) is 5.56 Å². The topological polar surface area (TPSA) is 84.2 Å². The number of amides is 1. The van der Waals surface area contributed by atoms with Gasteiger partial charge in [-0.15, -0.1) is 0 Å². The summed E-state index contributed by atoms with van der Waals surface area (Å²) in [7, 11) is 0. The van der Waals surface area contributed by atoms with E-state index in [1.54, 1.807) is 13.8 Å². The molecule has 0 fully saturated rings. The molecule has 122 valence electrons. The van der Waals surface area contributed by atoms with Gasteiger partial charge in [0.1, 0.15) is 0 Å². The second-order valence-corrected chi connectivity index (χ2v) is 6.07. The van der Waals surface area contributed by atoms with Crippen molar-refractivity contribution in [3.63, 3.8) is 0 Å². The van der Waals surface area contributed by atoms with Crippen LogP contribution in [-0.2, 0) is 21.5 Å². The average Bonchev–Trinajstić information content (AvgIpc) is 2.95. The van der Waals surface area contributed by atoms with Crippen molar-refractivity contribution in [2.75, 3.05) is 5.32 Å². The molecule has 0 spiro atoms. The van der Waals surface area contributed by atoms with Gasteiger partial charge in [-0.05, 0) is 32.8 Å². The minimum Gasteiger partial charge on any atom is -0.479 e. The molecule has 0 bridgehead atoms. The lowest BCUT2D eigenvalue weighted by molar-refractivity contribution is -0.146. The van der Waals surface area contributed by atoms with E-state index in [4.69, 9.17) is 5.11 Å². The molecule has 0 saturated carbocycles. The molecule has 0 atom stereocenters. The van der Waals surface area contributed by atoms with E-state index >= 15 is 0 Å². The third kappa shape index (κ3) is 4.18. The molecule has 0 saturated heterocycles. The fourth-order valence-electron chi connectivity index (χ4n) is 2.03. The third-order valence-electron chi connectivity index (χ3n) is 3.72. The summed E-state index contributed by atoms with van der Waals surface area (Å²) in [6.45, 7) is 5.11. The number of carbonyl (C=O) groups excluding carboxylic acids is 1. The number of anilines is 1. The van der Waals surface area contributed by atoms with E-state index in [2.05, 4.69) is 10.4 Å². The van der Waals surface area contributed by atoms with Crippen LogP contribution in [-0.4, -0.2) is 26.8 Å². The number of hydrogen-bond donors (Lipinski definition) is 2. The standard InChI is InChI=1S/C17H21N3O3/c1-12-4-6-13(7-5-12)8-9-15(21)19-14-10-18-20(11-14)17(2,3)16(22)23/h4-7,10-11H,8-9H2,1-3H3,(H,19,21)(H,22,23). The molecular formula is C17H21N3O3. The summed E-state index contributed by atoms with van der Waals surface area (Å²) in [5.41, 5.74) is 1.62. The molecule has 0 aliphatic carbocycles. The molecule has 0 radical (unpaired) electrons. The van der Waals surface area contributed by atoms with Gasteiger partial charge in [-0.1, -0.05) is 29.8 Å². The maximum Gasteiger partial charge on any atom is 0.331 e. The number of carbonyl (C=O) groups is 2. The lowest BCUT2D eigenvalue weighted by atomic mass is 10.1. The van der Waals surface area contributed by atoms with Crippen molar-refractivity contribution in [1.29, 1.82) is 0 Å². The van der Waals surface area contributed by atoms with Crippen molar-refractivity contribution in [2.45, 2.75) is 39.2 Å². The van der Waals surface area contributed by atoms with Crippen molar-refractivity contribution in [3.8, 4) is 0 Å². The van der Waals surface area contributed by atoms with Crippen molar-refractivity contribution < 1.29 is 14.7 Å². The number of aliphatic carboxylic acids is 1. The molecule has 0 unspecified atom stereocenters. The van der Waals surface area contributed by atoms with E-state index in [9.17, 15) is 9.59 Å². The van der Waals surface area contributed by atoms with Gasteiger partial charge in [0.05, 0.1) is 11.9 Å². The lowest BCUT2D eigenvalue weighted by Gasteiger charge is -2.19. The van der Waals surface area contributed by atoms with Crippen LogP contribution < -0.4 is 5.32 Å². The largest absolute Gasteiger partial charge is 0.479 e. The predicted molar refractivity (Wildman–Crippen MR) is 87.3 cm³/mol. The number of carboxylic acids is 1. The fraction of sp³-hybridized carbons (Fsp3) is 0.353. The number of nitrogens with zero attached hydrogens (tertiary/aromatic N) is 2. The maximum atomic E-state index is 12.0. The molecule has 6 nitrogen and oxygen atoms in total. The molecule has 1 aromatic heterocycles. The van der Waals surface area contributed by atoms with E-state index < -0.39 is 11.5 Å². The van der Waals surface area contributed by atoms with Crippen LogP contribution in [0.1, 0.15) is 31.4 Å². The first-order valence-corrected chi connectivity index (χ1v) is 7.43. The van der Waals surface area contributed by atoms with Crippen LogP contribution in [0.5, 0.6) is 0 Å². The van der Waals surface area contributed by atoms with Crippen molar-refractivity contribution in [3.05, 3.63) is 47.8 Å². The minimum atomic E-state index is -1.16. The first-order chi connectivity index (χ1) is 10.8. The lowest BCUT2D eigenvalue weighted by Crippen LogP contribution is -2.35. The summed E-state index contributed by atoms with van der Waals surface area (Å²) >= 11 is 0. The Morgan fingerprint density at radius 3 is 2.52 bits per heavy atom. The number of carboxylic acid groups (broad SMARTS) is 1. The summed E-state index contributed by atoms with van der Waals surface area (Å²) < 4.78 is 1.32. The molecule has 2 N–H and O–H groups in total. The summed E-state index contributed by atoms with van der Waals surface area (Å²) in [6.07, 6.45) is 3.99. The Morgan fingerprint density at radius 2 is 1.91 bits per heavy atom. The highest BCUT2D eigenvalue weighted by molar-refractivity contribution is 5.90. The zero-order valence-electron chi connectivity index (χ0n) is 13.5. The summed E-state index contributed by atoms with van der Waals surface area (Å²) in [5, 5.41) is 15.9. The Morgan fingerprint density at radius 1 is 1.26 bits per heavy atom. The number of aromatic nitrogens is 2. The highest BCUT2D eigenvalue weighted by Crippen LogP contribution is 2.17. The SMILES string of the molecule is Cc1ccc(CCC(=O)Nc2cnn(C(C)(C)C(=O)O)c2)cc1. The van der Waals surface area contributed by atoms with Crippen molar-refractivity contribution in [1.82, 2.24) is 9.78 Å². The number of nitrogens with one attached hydrogen (secondary N) is 1. The van der Waals surface area contributed by atoms with Gasteiger partial charge in [-0.3, -0.25) is 9.48 Å². The van der Waals surface area contributed by atoms with Gasteiger partial charge in [0.2, 0.25) is 5.91 Å². The van der Waals surface area contributed by atoms with E-state index in [1.165, 1.54) is 22.6 Å². The third-order valence-corrected chi connectivity index (χ3v) is 3.72. The maximum absolute atomic E-state index is 12.0. The van der Waals surface area contributed by atoms with E-state index in [-0.39, 0.29) is 5.91 Å². The molecule has 1 amide bonds. The normalized spacial score (nSPS) is 11.3. The first-order valence-electron chi connectivity index (χ1n) is 7.43. The van der Waals surface area contributed by atoms with Gasteiger partial charge >= 0.3 is 5.97 Å². The van der Waals surface area contributed by atoms with Crippen LogP contribution in [0.4, 0.5) is 5.69 Å². The quantitative estimate of drug-likeness (QED) is 0.858. The molecule has 0 aliphatic rings. The number of rotatable bonds is 6. The molecule has 23 heavy (non-hydrogen) atoms. The predicted octanol–water partition coefficient (Wildman–Crippen LogP) is 2.58.